The van der Waals surface area contributed by atoms with Gasteiger partial charge < -0.3 is 5.32 Å². The molecule has 1 saturated heterocycles. The molecule has 0 aliphatic carbocycles. The van der Waals surface area contributed by atoms with Gasteiger partial charge in [0.1, 0.15) is 0 Å². The molecule has 0 bridgehead atoms. The molecule has 1 aromatic heterocycles. The topological polar surface area (TPSA) is 15.3 Å². The second kappa shape index (κ2) is 9.33. The van der Waals surface area contributed by atoms with E-state index in [1.54, 1.807) is 11.3 Å². The highest BCUT2D eigenvalue weighted by Gasteiger charge is 2.26. The maximum atomic E-state index is 6.44. The first-order chi connectivity index (χ1) is 9.75. The molecule has 0 amide bonds. The fourth-order valence-electron chi connectivity index (χ4n) is 2.64. The van der Waals surface area contributed by atoms with Gasteiger partial charge >= 0.3 is 0 Å². The third kappa shape index (κ3) is 4.51. The third-order valence-corrected chi connectivity index (χ3v) is 5.07. The Balaban J connectivity index is 0.00000121. The zero-order valence-electron chi connectivity index (χ0n) is 11.8. The summed E-state index contributed by atoms with van der Waals surface area (Å²) in [5.74, 6) is 0. The molecule has 0 unspecified atom stereocenters. The summed E-state index contributed by atoms with van der Waals surface area (Å²) in [5, 5.41) is 6.95. The van der Waals surface area contributed by atoms with E-state index in [0.29, 0.717) is 5.02 Å². The Bertz CT molecular complexity index is 571. The van der Waals surface area contributed by atoms with Crippen LogP contribution in [-0.4, -0.2) is 31.1 Å². The molecule has 1 aliphatic rings. The molecule has 0 spiro atoms. The van der Waals surface area contributed by atoms with Gasteiger partial charge in [0.05, 0.1) is 6.04 Å². The van der Waals surface area contributed by atoms with E-state index in [0.717, 1.165) is 36.8 Å². The van der Waals surface area contributed by atoms with Crippen LogP contribution in [0, 0.1) is 0 Å². The van der Waals surface area contributed by atoms with Crippen LogP contribution >= 0.6 is 59.4 Å². The van der Waals surface area contributed by atoms with Crippen molar-refractivity contribution in [1.29, 1.82) is 0 Å². The largest absolute Gasteiger partial charge is 0.314 e. The van der Waals surface area contributed by atoms with Crippen LogP contribution in [0.1, 0.15) is 16.5 Å². The molecular formula is C15H18Cl4N2S. The molecule has 1 atom stereocenters. The quantitative estimate of drug-likeness (QED) is 0.789. The molecule has 7 heteroatoms. The monoisotopic (exact) mass is 398 g/mol. The van der Waals surface area contributed by atoms with E-state index < -0.39 is 0 Å². The molecule has 1 N–H and O–H groups in total. The van der Waals surface area contributed by atoms with Crippen molar-refractivity contribution in [2.24, 2.45) is 0 Å². The van der Waals surface area contributed by atoms with Gasteiger partial charge in [0, 0.05) is 41.1 Å². The van der Waals surface area contributed by atoms with Crippen LogP contribution in [0.2, 0.25) is 10.0 Å². The molecule has 1 fully saturated rings. The summed E-state index contributed by atoms with van der Waals surface area (Å²) in [7, 11) is 0. The van der Waals surface area contributed by atoms with Crippen LogP contribution < -0.4 is 5.32 Å². The Hall–Kier alpha value is -0.000000000000000167. The minimum Gasteiger partial charge on any atom is -0.314 e. The van der Waals surface area contributed by atoms with Crippen LogP contribution in [0.3, 0.4) is 0 Å². The van der Waals surface area contributed by atoms with E-state index in [4.69, 9.17) is 23.2 Å². The van der Waals surface area contributed by atoms with Crippen LogP contribution in [0.25, 0.3) is 0 Å². The van der Waals surface area contributed by atoms with Crippen molar-refractivity contribution in [3.63, 3.8) is 0 Å². The maximum absolute atomic E-state index is 6.44. The maximum Gasteiger partial charge on any atom is 0.0711 e. The predicted octanol–water partition coefficient (Wildman–Crippen LogP) is 4.89. The highest BCUT2D eigenvalue weighted by Crippen LogP contribution is 2.36. The standard InChI is InChI=1S/C15H16Cl2N2S.2ClH/c16-11-3-4-12(13(17)10-11)15(14-2-1-9-20-14)19-7-5-18-6-8-19;;/h1-4,9-10,15,18H,5-8H2;2*1H/t15-;;/m1../s1. The number of halogens is 4. The van der Waals surface area contributed by atoms with E-state index in [-0.39, 0.29) is 30.9 Å². The molecule has 0 radical (unpaired) electrons. The van der Waals surface area contributed by atoms with Gasteiger partial charge in [0.25, 0.3) is 0 Å². The van der Waals surface area contributed by atoms with Crippen molar-refractivity contribution >= 4 is 59.4 Å². The number of piperazine rings is 1. The summed E-state index contributed by atoms with van der Waals surface area (Å²) in [6, 6.07) is 10.3. The average molecular weight is 400 g/mol. The first-order valence-electron chi connectivity index (χ1n) is 6.69. The normalized spacial score (nSPS) is 16.5. The van der Waals surface area contributed by atoms with Crippen molar-refractivity contribution in [3.8, 4) is 0 Å². The van der Waals surface area contributed by atoms with E-state index in [1.165, 1.54) is 4.88 Å². The Kier molecular flexibility index (Phi) is 8.50. The first-order valence-corrected chi connectivity index (χ1v) is 8.32. The molecule has 0 saturated carbocycles. The lowest BCUT2D eigenvalue weighted by atomic mass is 10.0. The van der Waals surface area contributed by atoms with Gasteiger partial charge in [-0.25, -0.2) is 0 Å². The van der Waals surface area contributed by atoms with Crippen LogP contribution in [0.15, 0.2) is 35.7 Å². The molecule has 122 valence electrons. The van der Waals surface area contributed by atoms with Crippen molar-refractivity contribution in [1.82, 2.24) is 10.2 Å². The van der Waals surface area contributed by atoms with Crippen LogP contribution in [-0.2, 0) is 0 Å². The number of benzene rings is 1. The summed E-state index contributed by atoms with van der Waals surface area (Å²) in [6.07, 6.45) is 0. The summed E-state index contributed by atoms with van der Waals surface area (Å²) in [4.78, 5) is 3.81. The number of hydrogen-bond donors (Lipinski definition) is 1. The van der Waals surface area contributed by atoms with E-state index in [2.05, 4.69) is 33.8 Å². The average Bonchev–Trinajstić information content (AvgIpc) is 2.97. The van der Waals surface area contributed by atoms with Gasteiger partial charge in [-0.1, -0.05) is 35.3 Å². The summed E-state index contributed by atoms with van der Waals surface area (Å²) in [5.41, 5.74) is 1.14. The van der Waals surface area contributed by atoms with Crippen LogP contribution in [0.5, 0.6) is 0 Å². The molecule has 22 heavy (non-hydrogen) atoms. The molecule has 2 aromatic rings. The highest BCUT2D eigenvalue weighted by molar-refractivity contribution is 7.10. The zero-order chi connectivity index (χ0) is 13.9. The molecular weight excluding hydrogens is 382 g/mol. The smallest absolute Gasteiger partial charge is 0.0711 e. The van der Waals surface area contributed by atoms with Crippen LogP contribution in [0.4, 0.5) is 0 Å². The first kappa shape index (κ1) is 20.0. The minimum absolute atomic E-state index is 0. The summed E-state index contributed by atoms with van der Waals surface area (Å²) < 4.78 is 0. The van der Waals surface area contributed by atoms with Gasteiger partial charge in [-0.3, -0.25) is 4.90 Å². The molecule has 3 rings (SSSR count). The Morgan fingerprint density at radius 3 is 2.41 bits per heavy atom. The minimum atomic E-state index is 0. The number of thiophene rings is 1. The number of hydrogen-bond acceptors (Lipinski definition) is 3. The fourth-order valence-corrected chi connectivity index (χ4v) is 4.03. The van der Waals surface area contributed by atoms with E-state index in [9.17, 15) is 0 Å². The zero-order valence-corrected chi connectivity index (χ0v) is 15.8. The third-order valence-electron chi connectivity index (χ3n) is 3.59. The number of rotatable bonds is 3. The Morgan fingerprint density at radius 2 is 1.82 bits per heavy atom. The lowest BCUT2D eigenvalue weighted by Crippen LogP contribution is -2.45. The molecule has 2 nitrogen and oxygen atoms in total. The molecule has 2 heterocycles. The van der Waals surface area contributed by atoms with Crippen molar-refractivity contribution in [2.75, 3.05) is 26.2 Å². The molecule has 1 aliphatic heterocycles. The lowest BCUT2D eigenvalue weighted by molar-refractivity contribution is 0.201. The SMILES string of the molecule is Cl.Cl.Clc1ccc([C@H](c2cccs2)N2CCNCC2)c(Cl)c1. The van der Waals surface area contributed by atoms with Gasteiger partial charge in [0.2, 0.25) is 0 Å². The number of nitrogens with one attached hydrogen (secondary N) is 1. The number of nitrogens with zero attached hydrogens (tertiary/aromatic N) is 1. The van der Waals surface area contributed by atoms with Gasteiger partial charge in [-0.2, -0.15) is 0 Å². The van der Waals surface area contributed by atoms with Gasteiger partial charge in [0.15, 0.2) is 0 Å². The molecule has 1 aromatic carbocycles. The second-order valence-electron chi connectivity index (χ2n) is 4.87. The van der Waals surface area contributed by atoms with Crippen molar-refractivity contribution < 1.29 is 0 Å². The van der Waals surface area contributed by atoms with Crippen molar-refractivity contribution in [3.05, 3.63) is 56.2 Å². The Morgan fingerprint density at radius 1 is 1.09 bits per heavy atom. The lowest BCUT2D eigenvalue weighted by Gasteiger charge is -2.35. The van der Waals surface area contributed by atoms with E-state index >= 15 is 0 Å². The fraction of sp³-hybridized carbons (Fsp3) is 0.333. The summed E-state index contributed by atoms with van der Waals surface area (Å²) >= 11 is 14.2. The van der Waals surface area contributed by atoms with Gasteiger partial charge in [-0.15, -0.1) is 36.2 Å². The van der Waals surface area contributed by atoms with Gasteiger partial charge in [-0.05, 0) is 29.1 Å². The Labute approximate surface area is 157 Å². The highest BCUT2D eigenvalue weighted by atomic mass is 35.5. The predicted molar refractivity (Wildman–Crippen MR) is 102 cm³/mol. The second-order valence-corrected chi connectivity index (χ2v) is 6.69. The van der Waals surface area contributed by atoms with Crippen molar-refractivity contribution in [2.45, 2.75) is 6.04 Å². The summed E-state index contributed by atoms with van der Waals surface area (Å²) in [6.45, 7) is 4.10. The van der Waals surface area contributed by atoms with E-state index in [1.807, 2.05) is 12.1 Å².